The van der Waals surface area contributed by atoms with Gasteiger partial charge < -0.3 is 14.1 Å². The molecule has 4 heteroatoms. The maximum Gasteiger partial charge on any atom is 0.192 e. The Labute approximate surface area is 171 Å². The fourth-order valence-corrected chi connectivity index (χ4v) is 4.01. The van der Waals surface area contributed by atoms with Crippen molar-refractivity contribution >= 4 is 25.3 Å². The van der Waals surface area contributed by atoms with Crippen molar-refractivity contribution in [2.24, 2.45) is 0 Å². The van der Waals surface area contributed by atoms with Crippen LogP contribution in [0.15, 0.2) is 42.2 Å². The molecule has 2 aromatic rings. The number of nitrogens with zero attached hydrogens (tertiary/aromatic N) is 1. The average molecular weight is 400 g/mol. The molecule has 0 fully saturated rings. The van der Waals surface area contributed by atoms with Gasteiger partial charge in [-0.25, -0.2) is 0 Å². The molecule has 1 aromatic heterocycles. The molecule has 154 valence electrons. The van der Waals surface area contributed by atoms with Crippen molar-refractivity contribution in [3.8, 4) is 0 Å². The highest BCUT2D eigenvalue weighted by Gasteiger charge is 2.37. The van der Waals surface area contributed by atoms with E-state index in [9.17, 15) is 5.11 Å². The molecule has 0 atom stereocenters. The molecule has 0 radical (unpaired) electrons. The van der Waals surface area contributed by atoms with Gasteiger partial charge in [0.15, 0.2) is 8.32 Å². The number of aromatic nitrogens is 1. The molecule has 0 aliphatic rings. The normalized spacial score (nSPS) is 13.8. The summed E-state index contributed by atoms with van der Waals surface area (Å²) in [6, 6.07) is 8.42. The Kier molecular flexibility index (Phi) is 7.35. The van der Waals surface area contributed by atoms with Crippen LogP contribution in [0.2, 0.25) is 18.1 Å². The molecule has 28 heavy (non-hydrogen) atoms. The van der Waals surface area contributed by atoms with E-state index in [0.29, 0.717) is 18.9 Å². The van der Waals surface area contributed by atoms with Crippen LogP contribution in [0.25, 0.3) is 17.0 Å². The van der Waals surface area contributed by atoms with Gasteiger partial charge in [0, 0.05) is 16.5 Å². The van der Waals surface area contributed by atoms with Gasteiger partial charge in [-0.2, -0.15) is 0 Å². The summed E-state index contributed by atoms with van der Waals surface area (Å²) in [5.74, 6) is 0.420. The fourth-order valence-electron chi connectivity index (χ4n) is 3.07. The second kappa shape index (κ2) is 9.14. The van der Waals surface area contributed by atoms with E-state index in [1.807, 2.05) is 13.0 Å². The van der Waals surface area contributed by atoms with Crippen LogP contribution in [0, 0.1) is 0 Å². The molecule has 0 saturated carbocycles. The summed E-state index contributed by atoms with van der Waals surface area (Å²) in [7, 11) is -1.88. The van der Waals surface area contributed by atoms with E-state index in [2.05, 4.69) is 81.8 Å². The van der Waals surface area contributed by atoms with Gasteiger partial charge in [-0.1, -0.05) is 64.5 Å². The van der Waals surface area contributed by atoms with Crippen LogP contribution in [0.1, 0.15) is 58.7 Å². The molecule has 1 heterocycles. The largest absolute Gasteiger partial charge is 0.511 e. The number of allylic oxidation sites excluding steroid dienone is 3. The van der Waals surface area contributed by atoms with Gasteiger partial charge in [-0.05, 0) is 43.6 Å². The minimum absolute atomic E-state index is 0.160. The molecule has 0 bridgehead atoms. The van der Waals surface area contributed by atoms with Gasteiger partial charge in [-0.3, -0.25) is 0 Å². The molecule has 2 rings (SSSR count). The first-order valence-electron chi connectivity index (χ1n) is 10.4. The number of aliphatic hydroxyl groups is 1. The number of hydrogen-bond donors (Lipinski definition) is 1. The van der Waals surface area contributed by atoms with Crippen LogP contribution in [0.4, 0.5) is 0 Å². The van der Waals surface area contributed by atoms with E-state index < -0.39 is 8.32 Å². The Hall–Kier alpha value is -1.78. The molecule has 0 unspecified atom stereocenters. The van der Waals surface area contributed by atoms with Gasteiger partial charge in [0.2, 0.25) is 0 Å². The summed E-state index contributed by atoms with van der Waals surface area (Å²) < 4.78 is 8.80. The Balaban J connectivity index is 2.54. The molecule has 0 amide bonds. The van der Waals surface area contributed by atoms with Crippen LogP contribution < -0.4 is 0 Å². The lowest BCUT2D eigenvalue weighted by atomic mass is 10.1. The molecule has 1 N–H and O–H groups in total. The van der Waals surface area contributed by atoms with Crippen LogP contribution in [0.3, 0.4) is 0 Å². The third kappa shape index (κ3) is 4.98. The van der Waals surface area contributed by atoms with E-state index in [-0.39, 0.29) is 5.04 Å². The number of aliphatic hydroxyl groups excluding tert-OH is 1. The number of para-hydroxylation sites is 1. The summed E-state index contributed by atoms with van der Waals surface area (Å²) in [6.45, 7) is 16.6. The third-order valence-electron chi connectivity index (χ3n) is 5.82. The monoisotopic (exact) mass is 399 g/mol. The maximum atomic E-state index is 10.5. The lowest BCUT2D eigenvalue weighted by molar-refractivity contribution is 0.265. The predicted octanol–water partition coefficient (Wildman–Crippen LogP) is 7.44. The third-order valence-corrected chi connectivity index (χ3v) is 10.3. The number of hydrogen-bond acceptors (Lipinski definition) is 2. The number of fused-ring (bicyclic) bond motifs is 1. The molecule has 0 saturated heterocycles. The van der Waals surface area contributed by atoms with E-state index in [1.165, 1.54) is 10.9 Å². The summed E-state index contributed by atoms with van der Waals surface area (Å²) in [4.78, 5) is 0. The second-order valence-electron chi connectivity index (χ2n) is 9.00. The zero-order valence-corrected chi connectivity index (χ0v) is 19.7. The average Bonchev–Trinajstić information content (AvgIpc) is 2.91. The SMILES string of the molecule is CC=Cc1c(CO[Si](C)(C)C(C)(C)C)n(CC(O)=CCCC)c2ccccc12. The van der Waals surface area contributed by atoms with Crippen molar-refractivity contribution in [3.05, 3.63) is 53.4 Å². The van der Waals surface area contributed by atoms with Crippen molar-refractivity contribution < 1.29 is 9.53 Å². The fraction of sp³-hybridized carbons (Fsp3) is 0.500. The first-order valence-corrected chi connectivity index (χ1v) is 13.3. The minimum Gasteiger partial charge on any atom is -0.511 e. The minimum atomic E-state index is -1.88. The Morgan fingerprint density at radius 1 is 1.21 bits per heavy atom. The first-order chi connectivity index (χ1) is 13.1. The first kappa shape index (κ1) is 22.5. The number of rotatable bonds is 8. The molecule has 1 aromatic carbocycles. The van der Waals surface area contributed by atoms with E-state index >= 15 is 0 Å². The smallest absolute Gasteiger partial charge is 0.192 e. The zero-order valence-electron chi connectivity index (χ0n) is 18.7. The lowest BCUT2D eigenvalue weighted by Crippen LogP contribution is -2.40. The van der Waals surface area contributed by atoms with Crippen molar-refractivity contribution in [1.29, 1.82) is 0 Å². The Morgan fingerprint density at radius 3 is 2.50 bits per heavy atom. The molecular formula is C24H37NO2Si. The summed E-state index contributed by atoms with van der Waals surface area (Å²) in [5.41, 5.74) is 3.47. The summed E-state index contributed by atoms with van der Waals surface area (Å²) in [5, 5.41) is 11.9. The molecule has 0 spiro atoms. The van der Waals surface area contributed by atoms with E-state index in [1.54, 1.807) is 0 Å². The van der Waals surface area contributed by atoms with Gasteiger partial charge in [0.05, 0.1) is 18.8 Å². The van der Waals surface area contributed by atoms with Crippen LogP contribution >= 0.6 is 0 Å². The van der Waals surface area contributed by atoms with Crippen LogP contribution in [-0.4, -0.2) is 18.0 Å². The van der Waals surface area contributed by atoms with E-state index in [4.69, 9.17) is 4.43 Å². The molecular weight excluding hydrogens is 362 g/mol. The van der Waals surface area contributed by atoms with Gasteiger partial charge in [0.25, 0.3) is 0 Å². The Bertz CT molecular complexity index is 853. The molecule has 3 nitrogen and oxygen atoms in total. The lowest BCUT2D eigenvalue weighted by Gasteiger charge is -2.36. The predicted molar refractivity (Wildman–Crippen MR) is 124 cm³/mol. The highest BCUT2D eigenvalue weighted by molar-refractivity contribution is 6.74. The maximum absolute atomic E-state index is 10.5. The van der Waals surface area contributed by atoms with Crippen LogP contribution in [-0.2, 0) is 17.6 Å². The quantitative estimate of drug-likeness (QED) is 0.370. The summed E-state index contributed by atoms with van der Waals surface area (Å²) in [6.07, 6.45) is 8.09. The second-order valence-corrected chi connectivity index (χ2v) is 13.8. The number of benzene rings is 1. The van der Waals surface area contributed by atoms with Crippen molar-refractivity contribution in [2.75, 3.05) is 0 Å². The van der Waals surface area contributed by atoms with E-state index in [0.717, 1.165) is 24.1 Å². The van der Waals surface area contributed by atoms with Crippen molar-refractivity contribution in [3.63, 3.8) is 0 Å². The topological polar surface area (TPSA) is 34.4 Å². The molecule has 0 aliphatic carbocycles. The molecule has 0 aliphatic heterocycles. The summed E-state index contributed by atoms with van der Waals surface area (Å²) >= 11 is 0. The van der Waals surface area contributed by atoms with Crippen LogP contribution in [0.5, 0.6) is 0 Å². The van der Waals surface area contributed by atoms with Gasteiger partial charge >= 0.3 is 0 Å². The highest BCUT2D eigenvalue weighted by Crippen LogP contribution is 2.38. The zero-order chi connectivity index (χ0) is 20.9. The number of unbranched alkanes of at least 4 members (excludes halogenated alkanes) is 1. The van der Waals surface area contributed by atoms with Crippen molar-refractivity contribution in [2.45, 2.75) is 78.7 Å². The Morgan fingerprint density at radius 2 is 1.89 bits per heavy atom. The van der Waals surface area contributed by atoms with Crippen molar-refractivity contribution in [1.82, 2.24) is 4.57 Å². The van der Waals surface area contributed by atoms with Gasteiger partial charge in [0.1, 0.15) is 5.76 Å². The van der Waals surface area contributed by atoms with Gasteiger partial charge in [-0.15, -0.1) is 0 Å². The standard InChI is InChI=1S/C24H37NO2Si/c1-8-10-14-19(26)17-25-22-16-12-11-15-21(22)20(13-9-2)23(25)18-27-28(6,7)24(3,4)5/h9,11-16,26H,8,10,17-18H2,1-7H3. The highest BCUT2D eigenvalue weighted by atomic mass is 28.4.